The average molecular weight is 501 g/mol. The highest BCUT2D eigenvalue weighted by Crippen LogP contribution is 2.28. The number of rotatable bonds is 10. The first kappa shape index (κ1) is 23.8. The van der Waals surface area contributed by atoms with Crippen molar-refractivity contribution in [2.45, 2.75) is 39.7 Å². The van der Waals surface area contributed by atoms with Crippen LogP contribution in [0, 0.1) is 0 Å². The predicted octanol–water partition coefficient (Wildman–Crippen LogP) is 7.74. The number of hydrogen-bond donors (Lipinski definition) is 1. The molecule has 0 fully saturated rings. The fourth-order valence-corrected chi connectivity index (χ4v) is 4.11. The standard InChI is InChI=1S/C26H31BrClN3/c1-4-31(5-2)16-6-7-19(3)29-26-18-23(14-10-20-8-11-21(27)12-9-20)30-25-17-22(28)13-15-24(25)26/h8-15,17-19H,4-7,16H2,1-3H3,(H,29,30). The van der Waals surface area contributed by atoms with E-state index in [2.05, 4.69) is 83.3 Å². The molecule has 1 N–H and O–H groups in total. The Labute approximate surface area is 199 Å². The number of aromatic nitrogens is 1. The molecule has 2 aromatic carbocycles. The number of fused-ring (bicyclic) bond motifs is 1. The van der Waals surface area contributed by atoms with E-state index < -0.39 is 0 Å². The molecule has 0 bridgehead atoms. The number of anilines is 1. The van der Waals surface area contributed by atoms with Gasteiger partial charge in [0.25, 0.3) is 0 Å². The maximum Gasteiger partial charge on any atom is 0.0744 e. The fourth-order valence-electron chi connectivity index (χ4n) is 3.68. The summed E-state index contributed by atoms with van der Waals surface area (Å²) in [5.41, 5.74) is 4.06. The van der Waals surface area contributed by atoms with Crippen LogP contribution in [0.1, 0.15) is 44.9 Å². The first-order chi connectivity index (χ1) is 15.0. The summed E-state index contributed by atoms with van der Waals surface area (Å²) in [7, 11) is 0. The van der Waals surface area contributed by atoms with Gasteiger partial charge >= 0.3 is 0 Å². The second-order valence-electron chi connectivity index (χ2n) is 7.86. The van der Waals surface area contributed by atoms with Crippen molar-refractivity contribution in [2.24, 2.45) is 0 Å². The second kappa shape index (κ2) is 11.7. The third-order valence-corrected chi connectivity index (χ3v) is 6.28. The lowest BCUT2D eigenvalue weighted by atomic mass is 10.1. The normalized spacial score (nSPS) is 12.7. The Morgan fingerprint density at radius 2 is 1.81 bits per heavy atom. The minimum Gasteiger partial charge on any atom is -0.382 e. The van der Waals surface area contributed by atoms with Crippen LogP contribution in [0.15, 0.2) is 53.0 Å². The summed E-state index contributed by atoms with van der Waals surface area (Å²) in [5.74, 6) is 0. The van der Waals surface area contributed by atoms with E-state index in [1.54, 1.807) is 0 Å². The molecule has 31 heavy (non-hydrogen) atoms. The van der Waals surface area contributed by atoms with Gasteiger partial charge in [-0.2, -0.15) is 0 Å². The smallest absolute Gasteiger partial charge is 0.0744 e. The highest BCUT2D eigenvalue weighted by molar-refractivity contribution is 9.10. The second-order valence-corrected chi connectivity index (χ2v) is 9.21. The zero-order valence-electron chi connectivity index (χ0n) is 18.5. The number of nitrogens with one attached hydrogen (secondary N) is 1. The van der Waals surface area contributed by atoms with Crippen LogP contribution in [0.5, 0.6) is 0 Å². The van der Waals surface area contributed by atoms with Crippen LogP contribution in [0.4, 0.5) is 5.69 Å². The molecule has 1 aromatic heterocycles. The average Bonchev–Trinajstić information content (AvgIpc) is 2.76. The van der Waals surface area contributed by atoms with E-state index in [1.807, 2.05) is 24.3 Å². The Kier molecular flexibility index (Phi) is 8.94. The van der Waals surface area contributed by atoms with Crippen molar-refractivity contribution < 1.29 is 0 Å². The molecular formula is C26H31BrClN3. The summed E-state index contributed by atoms with van der Waals surface area (Å²) in [6.07, 6.45) is 6.45. The molecule has 0 aliphatic carbocycles. The van der Waals surface area contributed by atoms with Crippen LogP contribution in [0.2, 0.25) is 5.02 Å². The lowest BCUT2D eigenvalue weighted by molar-refractivity contribution is 0.295. The van der Waals surface area contributed by atoms with Crippen LogP contribution < -0.4 is 5.32 Å². The summed E-state index contributed by atoms with van der Waals surface area (Å²) in [5, 5.41) is 5.52. The van der Waals surface area contributed by atoms with E-state index in [0.717, 1.165) is 58.4 Å². The third kappa shape index (κ3) is 7.06. The number of nitrogens with zero attached hydrogens (tertiary/aromatic N) is 2. The van der Waals surface area contributed by atoms with Crippen LogP contribution in [0.25, 0.3) is 23.1 Å². The van der Waals surface area contributed by atoms with Crippen molar-refractivity contribution in [3.05, 3.63) is 69.3 Å². The van der Waals surface area contributed by atoms with Crippen molar-refractivity contribution in [1.29, 1.82) is 0 Å². The molecule has 3 aromatic rings. The Morgan fingerprint density at radius 3 is 2.52 bits per heavy atom. The van der Waals surface area contributed by atoms with Crippen LogP contribution in [-0.2, 0) is 0 Å². The molecule has 5 heteroatoms. The molecule has 3 rings (SSSR count). The quantitative estimate of drug-likeness (QED) is 0.308. The molecule has 1 atom stereocenters. The van der Waals surface area contributed by atoms with E-state index in [9.17, 15) is 0 Å². The Bertz CT molecular complexity index is 1010. The van der Waals surface area contributed by atoms with Crippen molar-refractivity contribution in [3.8, 4) is 0 Å². The molecule has 0 saturated heterocycles. The Morgan fingerprint density at radius 1 is 1.06 bits per heavy atom. The van der Waals surface area contributed by atoms with Crippen LogP contribution >= 0.6 is 27.5 Å². The lowest BCUT2D eigenvalue weighted by Crippen LogP contribution is -2.25. The van der Waals surface area contributed by atoms with Crippen molar-refractivity contribution >= 4 is 56.3 Å². The fraction of sp³-hybridized carbons (Fsp3) is 0.346. The van der Waals surface area contributed by atoms with E-state index >= 15 is 0 Å². The summed E-state index contributed by atoms with van der Waals surface area (Å²) < 4.78 is 1.07. The van der Waals surface area contributed by atoms with E-state index in [1.165, 1.54) is 6.42 Å². The summed E-state index contributed by atoms with van der Waals surface area (Å²) in [6.45, 7) is 10.1. The van der Waals surface area contributed by atoms with Gasteiger partial charge in [0.15, 0.2) is 0 Å². The van der Waals surface area contributed by atoms with Gasteiger partial charge in [-0.05, 0) is 87.4 Å². The third-order valence-electron chi connectivity index (χ3n) is 5.52. The van der Waals surface area contributed by atoms with Gasteiger partial charge in [-0.25, -0.2) is 4.98 Å². The van der Waals surface area contributed by atoms with Gasteiger partial charge in [-0.3, -0.25) is 0 Å². The topological polar surface area (TPSA) is 28.2 Å². The molecule has 0 amide bonds. The molecule has 1 heterocycles. The van der Waals surface area contributed by atoms with Gasteiger partial charge in [-0.15, -0.1) is 0 Å². The number of hydrogen-bond acceptors (Lipinski definition) is 3. The molecule has 0 aliphatic rings. The number of pyridine rings is 1. The zero-order chi connectivity index (χ0) is 22.2. The Hall–Kier alpha value is -1.88. The van der Waals surface area contributed by atoms with Gasteiger partial charge in [0.2, 0.25) is 0 Å². The molecule has 3 nitrogen and oxygen atoms in total. The summed E-state index contributed by atoms with van der Waals surface area (Å²) >= 11 is 9.74. The molecule has 0 aliphatic heterocycles. The minimum absolute atomic E-state index is 0.375. The van der Waals surface area contributed by atoms with E-state index in [-0.39, 0.29) is 0 Å². The highest BCUT2D eigenvalue weighted by atomic mass is 79.9. The van der Waals surface area contributed by atoms with Crippen LogP contribution in [0.3, 0.4) is 0 Å². The van der Waals surface area contributed by atoms with E-state index in [0.29, 0.717) is 11.1 Å². The minimum atomic E-state index is 0.375. The van der Waals surface area contributed by atoms with Gasteiger partial charge in [-0.1, -0.05) is 59.6 Å². The predicted molar refractivity (Wildman–Crippen MR) is 140 cm³/mol. The first-order valence-electron chi connectivity index (χ1n) is 11.0. The van der Waals surface area contributed by atoms with Gasteiger partial charge in [0, 0.05) is 26.6 Å². The van der Waals surface area contributed by atoms with E-state index in [4.69, 9.17) is 16.6 Å². The first-order valence-corrected chi connectivity index (χ1v) is 12.2. The Balaban J connectivity index is 1.79. The zero-order valence-corrected chi connectivity index (χ0v) is 20.9. The maximum absolute atomic E-state index is 6.25. The SMILES string of the molecule is CCN(CC)CCCC(C)Nc1cc(C=Cc2ccc(Br)cc2)nc2cc(Cl)ccc12. The molecule has 1 unspecified atom stereocenters. The van der Waals surface area contributed by atoms with Gasteiger partial charge < -0.3 is 10.2 Å². The summed E-state index contributed by atoms with van der Waals surface area (Å²) in [6, 6.07) is 16.7. The van der Waals surface area contributed by atoms with Gasteiger partial charge in [0.1, 0.15) is 0 Å². The largest absolute Gasteiger partial charge is 0.382 e. The van der Waals surface area contributed by atoms with Crippen molar-refractivity contribution in [1.82, 2.24) is 9.88 Å². The van der Waals surface area contributed by atoms with Crippen LogP contribution in [-0.4, -0.2) is 35.6 Å². The molecule has 0 radical (unpaired) electrons. The number of benzene rings is 2. The molecule has 0 spiro atoms. The monoisotopic (exact) mass is 499 g/mol. The molecule has 164 valence electrons. The van der Waals surface area contributed by atoms with Crippen molar-refractivity contribution in [2.75, 3.05) is 25.0 Å². The number of halogens is 2. The molecule has 0 saturated carbocycles. The lowest BCUT2D eigenvalue weighted by Gasteiger charge is -2.21. The molecular weight excluding hydrogens is 470 g/mol. The summed E-state index contributed by atoms with van der Waals surface area (Å²) in [4.78, 5) is 7.29. The highest BCUT2D eigenvalue weighted by Gasteiger charge is 2.10. The maximum atomic E-state index is 6.25. The van der Waals surface area contributed by atoms with Crippen molar-refractivity contribution in [3.63, 3.8) is 0 Å². The van der Waals surface area contributed by atoms with Gasteiger partial charge in [0.05, 0.1) is 11.2 Å².